The lowest BCUT2D eigenvalue weighted by molar-refractivity contribution is -0.694. The van der Waals surface area contributed by atoms with Gasteiger partial charge in [-0.3, -0.25) is 0 Å². The molecule has 1 aliphatic heterocycles. The first kappa shape index (κ1) is 10.7. The molecule has 1 aromatic carbocycles. The first-order valence-electron chi connectivity index (χ1n) is 6.18. The number of rotatable bonds is 1. The molecule has 82 valence electrons. The number of aryl methyl sites for hydroxylation is 2. The summed E-state index contributed by atoms with van der Waals surface area (Å²) in [6.45, 7) is 5.73. The zero-order valence-electron chi connectivity index (χ0n) is 9.92. The van der Waals surface area contributed by atoms with E-state index in [1.54, 1.807) is 5.56 Å². The van der Waals surface area contributed by atoms with E-state index in [9.17, 15) is 0 Å². The van der Waals surface area contributed by atoms with Crippen molar-refractivity contribution in [3.63, 3.8) is 0 Å². The van der Waals surface area contributed by atoms with Crippen LogP contribution in [0.4, 0.5) is 0 Å². The fraction of sp³-hybridized carbons (Fsp3) is 0.571. The second-order valence-corrected chi connectivity index (χ2v) is 4.84. The third kappa shape index (κ3) is 2.60. The van der Waals surface area contributed by atoms with Gasteiger partial charge in [0, 0.05) is 12.0 Å². The van der Waals surface area contributed by atoms with Crippen LogP contribution in [0.15, 0.2) is 18.2 Å². The van der Waals surface area contributed by atoms with Crippen molar-refractivity contribution < 1.29 is 5.32 Å². The van der Waals surface area contributed by atoms with Gasteiger partial charge in [-0.2, -0.15) is 0 Å². The molecule has 1 fully saturated rings. The summed E-state index contributed by atoms with van der Waals surface area (Å²) < 4.78 is 0. The molecule has 1 aromatic rings. The summed E-state index contributed by atoms with van der Waals surface area (Å²) in [5, 5.41) is 2.53. The number of nitrogens with two attached hydrogens (primary N) is 1. The average Bonchev–Trinajstić information content (AvgIpc) is 2.46. The van der Waals surface area contributed by atoms with Crippen LogP contribution in [0.5, 0.6) is 0 Å². The molecule has 0 aliphatic carbocycles. The Bertz CT molecular complexity index is 322. The summed E-state index contributed by atoms with van der Waals surface area (Å²) in [4.78, 5) is 0. The lowest BCUT2D eigenvalue weighted by atomic mass is 9.96. The molecule has 15 heavy (non-hydrogen) atoms. The van der Waals surface area contributed by atoms with Gasteiger partial charge in [0.1, 0.15) is 6.04 Å². The SMILES string of the molecule is Cc1ccc([C@H]2CCCCC[NH2+]2)c(C)c1. The molecule has 0 saturated carbocycles. The third-order valence-electron chi connectivity index (χ3n) is 3.50. The van der Waals surface area contributed by atoms with E-state index >= 15 is 0 Å². The largest absolute Gasteiger partial charge is 0.340 e. The van der Waals surface area contributed by atoms with Gasteiger partial charge in [-0.25, -0.2) is 0 Å². The van der Waals surface area contributed by atoms with E-state index in [1.165, 1.54) is 43.4 Å². The number of hydrogen-bond acceptors (Lipinski definition) is 0. The highest BCUT2D eigenvalue weighted by molar-refractivity contribution is 5.31. The fourth-order valence-corrected chi connectivity index (χ4v) is 2.65. The molecule has 1 heteroatoms. The first-order chi connectivity index (χ1) is 7.27. The maximum absolute atomic E-state index is 2.53. The van der Waals surface area contributed by atoms with Crippen LogP contribution in [0.25, 0.3) is 0 Å². The summed E-state index contributed by atoms with van der Waals surface area (Å²) in [6.07, 6.45) is 5.55. The third-order valence-corrected chi connectivity index (χ3v) is 3.50. The van der Waals surface area contributed by atoms with Crippen LogP contribution in [0.1, 0.15) is 48.4 Å². The van der Waals surface area contributed by atoms with Crippen molar-refractivity contribution in [3.8, 4) is 0 Å². The highest BCUT2D eigenvalue weighted by Gasteiger charge is 2.18. The Morgan fingerprint density at radius 1 is 1.13 bits per heavy atom. The van der Waals surface area contributed by atoms with Gasteiger partial charge in [0.25, 0.3) is 0 Å². The minimum atomic E-state index is 0.716. The van der Waals surface area contributed by atoms with Crippen molar-refractivity contribution in [2.24, 2.45) is 0 Å². The van der Waals surface area contributed by atoms with Crippen molar-refractivity contribution in [3.05, 3.63) is 34.9 Å². The molecule has 1 atom stereocenters. The van der Waals surface area contributed by atoms with Crippen LogP contribution in [-0.2, 0) is 0 Å². The van der Waals surface area contributed by atoms with Crippen molar-refractivity contribution in [1.82, 2.24) is 0 Å². The monoisotopic (exact) mass is 204 g/mol. The molecule has 1 heterocycles. The molecular weight excluding hydrogens is 182 g/mol. The van der Waals surface area contributed by atoms with Gasteiger partial charge in [-0.05, 0) is 38.7 Å². The van der Waals surface area contributed by atoms with E-state index in [1.807, 2.05) is 0 Å². The smallest absolute Gasteiger partial charge is 0.112 e. The zero-order valence-corrected chi connectivity index (χ0v) is 9.92. The summed E-state index contributed by atoms with van der Waals surface area (Å²) in [5.74, 6) is 0. The lowest BCUT2D eigenvalue weighted by Gasteiger charge is -2.15. The standard InChI is InChI=1S/C14H21N/c1-11-7-8-13(12(2)10-11)14-6-4-3-5-9-15-14/h7-8,10,14-15H,3-6,9H2,1-2H3/p+1/t14-/m1/s1. The van der Waals surface area contributed by atoms with Crippen molar-refractivity contribution >= 4 is 0 Å². The molecular formula is C14H22N+. The topological polar surface area (TPSA) is 16.6 Å². The van der Waals surface area contributed by atoms with Crippen LogP contribution in [0.2, 0.25) is 0 Å². The van der Waals surface area contributed by atoms with Crippen molar-refractivity contribution in [2.75, 3.05) is 6.54 Å². The quantitative estimate of drug-likeness (QED) is 0.724. The predicted octanol–water partition coefficient (Wildman–Crippen LogP) is 2.48. The molecule has 2 rings (SSSR count). The van der Waals surface area contributed by atoms with Crippen LogP contribution in [0, 0.1) is 13.8 Å². The van der Waals surface area contributed by atoms with E-state index < -0.39 is 0 Å². The van der Waals surface area contributed by atoms with Crippen molar-refractivity contribution in [2.45, 2.75) is 45.6 Å². The normalized spacial score (nSPS) is 22.4. The molecule has 0 unspecified atom stereocenters. The minimum Gasteiger partial charge on any atom is -0.340 e. The molecule has 0 spiro atoms. The Morgan fingerprint density at radius 2 is 2.00 bits per heavy atom. The Morgan fingerprint density at radius 3 is 2.80 bits per heavy atom. The van der Waals surface area contributed by atoms with Gasteiger partial charge in [0.15, 0.2) is 0 Å². The average molecular weight is 204 g/mol. The summed E-state index contributed by atoms with van der Waals surface area (Å²) >= 11 is 0. The van der Waals surface area contributed by atoms with E-state index in [0.717, 1.165) is 0 Å². The second kappa shape index (κ2) is 4.80. The summed E-state index contributed by atoms with van der Waals surface area (Å²) in [5.41, 5.74) is 4.41. The van der Waals surface area contributed by atoms with Crippen molar-refractivity contribution in [1.29, 1.82) is 0 Å². The zero-order chi connectivity index (χ0) is 10.7. The molecule has 0 aromatic heterocycles. The molecule has 0 amide bonds. The molecule has 1 saturated heterocycles. The van der Waals surface area contributed by atoms with Gasteiger partial charge >= 0.3 is 0 Å². The second-order valence-electron chi connectivity index (χ2n) is 4.84. The van der Waals surface area contributed by atoms with Crippen LogP contribution >= 0.6 is 0 Å². The molecule has 0 radical (unpaired) electrons. The lowest BCUT2D eigenvalue weighted by Crippen LogP contribution is -2.84. The predicted molar refractivity (Wildman–Crippen MR) is 63.9 cm³/mol. The summed E-state index contributed by atoms with van der Waals surface area (Å²) in [7, 11) is 0. The fourth-order valence-electron chi connectivity index (χ4n) is 2.65. The first-order valence-corrected chi connectivity index (χ1v) is 6.18. The summed E-state index contributed by atoms with van der Waals surface area (Å²) in [6, 6.07) is 7.61. The Kier molecular flexibility index (Phi) is 3.42. The molecule has 0 bridgehead atoms. The molecule has 1 nitrogen and oxygen atoms in total. The van der Waals surface area contributed by atoms with E-state index in [-0.39, 0.29) is 0 Å². The molecule has 1 aliphatic rings. The Hall–Kier alpha value is -0.820. The highest BCUT2D eigenvalue weighted by atomic mass is 14.9. The van der Waals surface area contributed by atoms with Crippen LogP contribution < -0.4 is 5.32 Å². The van der Waals surface area contributed by atoms with Crippen LogP contribution in [-0.4, -0.2) is 6.54 Å². The number of benzene rings is 1. The van der Waals surface area contributed by atoms with E-state index in [0.29, 0.717) is 6.04 Å². The Labute approximate surface area is 92.9 Å². The van der Waals surface area contributed by atoms with E-state index in [2.05, 4.69) is 37.4 Å². The minimum absolute atomic E-state index is 0.716. The number of hydrogen-bond donors (Lipinski definition) is 1. The van der Waals surface area contributed by atoms with E-state index in [4.69, 9.17) is 0 Å². The van der Waals surface area contributed by atoms with Crippen LogP contribution in [0.3, 0.4) is 0 Å². The molecule has 2 N–H and O–H groups in total. The van der Waals surface area contributed by atoms with Gasteiger partial charge in [-0.15, -0.1) is 0 Å². The maximum atomic E-state index is 2.53. The van der Waals surface area contributed by atoms with Gasteiger partial charge in [-0.1, -0.05) is 23.8 Å². The van der Waals surface area contributed by atoms with Gasteiger partial charge in [0.05, 0.1) is 6.54 Å². The van der Waals surface area contributed by atoms with Gasteiger partial charge in [0.2, 0.25) is 0 Å². The Balaban J connectivity index is 2.19. The number of quaternary nitrogens is 1. The van der Waals surface area contributed by atoms with Gasteiger partial charge < -0.3 is 5.32 Å². The maximum Gasteiger partial charge on any atom is 0.112 e. The highest BCUT2D eigenvalue weighted by Crippen LogP contribution is 2.22.